The number of benzene rings is 2. The Bertz CT molecular complexity index is 571. The second kappa shape index (κ2) is 4.95. The molecule has 102 valence electrons. The number of hydrogen-bond acceptors (Lipinski definition) is 2. The molecule has 2 aromatic carbocycles. The Balaban J connectivity index is 1.83. The van der Waals surface area contributed by atoms with Crippen molar-refractivity contribution in [3.63, 3.8) is 0 Å². The van der Waals surface area contributed by atoms with Gasteiger partial charge >= 0.3 is 0 Å². The summed E-state index contributed by atoms with van der Waals surface area (Å²) in [4.78, 5) is 0. The van der Waals surface area contributed by atoms with Crippen molar-refractivity contribution in [3.05, 3.63) is 59.7 Å². The van der Waals surface area contributed by atoms with E-state index in [-0.39, 0.29) is 0 Å². The van der Waals surface area contributed by atoms with E-state index in [0.29, 0.717) is 11.8 Å². The van der Waals surface area contributed by atoms with E-state index in [1.54, 1.807) is 0 Å². The Morgan fingerprint density at radius 1 is 0.800 bits per heavy atom. The SMILES string of the molecule is c1ccc2c(c1)Oc1ccccc1C2C1CCNCC1. The van der Waals surface area contributed by atoms with E-state index in [0.717, 1.165) is 24.6 Å². The lowest BCUT2D eigenvalue weighted by Gasteiger charge is -2.36. The van der Waals surface area contributed by atoms with Crippen molar-refractivity contribution in [2.24, 2.45) is 5.92 Å². The zero-order valence-electron chi connectivity index (χ0n) is 11.5. The van der Waals surface area contributed by atoms with Crippen molar-refractivity contribution in [1.82, 2.24) is 5.32 Å². The number of piperidine rings is 1. The fourth-order valence-electron chi connectivity index (χ4n) is 3.63. The van der Waals surface area contributed by atoms with Crippen LogP contribution in [0.3, 0.4) is 0 Å². The van der Waals surface area contributed by atoms with Crippen molar-refractivity contribution in [1.29, 1.82) is 0 Å². The minimum Gasteiger partial charge on any atom is -0.457 e. The lowest BCUT2D eigenvalue weighted by molar-refractivity contribution is 0.322. The lowest BCUT2D eigenvalue weighted by atomic mass is 9.75. The van der Waals surface area contributed by atoms with Gasteiger partial charge in [-0.25, -0.2) is 0 Å². The Morgan fingerprint density at radius 3 is 1.95 bits per heavy atom. The molecule has 0 bridgehead atoms. The molecule has 0 saturated carbocycles. The first-order valence-electron chi connectivity index (χ1n) is 7.50. The van der Waals surface area contributed by atoms with Gasteiger partial charge in [-0.2, -0.15) is 0 Å². The Labute approximate surface area is 119 Å². The van der Waals surface area contributed by atoms with Crippen LogP contribution in [0.2, 0.25) is 0 Å². The summed E-state index contributed by atoms with van der Waals surface area (Å²) in [5.41, 5.74) is 2.72. The summed E-state index contributed by atoms with van der Waals surface area (Å²) in [6.07, 6.45) is 2.49. The summed E-state index contributed by atoms with van der Waals surface area (Å²) in [6, 6.07) is 17.0. The molecule has 0 radical (unpaired) electrons. The highest BCUT2D eigenvalue weighted by atomic mass is 16.5. The molecule has 20 heavy (non-hydrogen) atoms. The second-order valence-electron chi connectivity index (χ2n) is 5.74. The molecule has 2 heterocycles. The Hall–Kier alpha value is -1.80. The summed E-state index contributed by atoms with van der Waals surface area (Å²) >= 11 is 0. The molecule has 0 spiro atoms. The van der Waals surface area contributed by atoms with Gasteiger partial charge < -0.3 is 10.1 Å². The van der Waals surface area contributed by atoms with Gasteiger partial charge in [0.25, 0.3) is 0 Å². The summed E-state index contributed by atoms with van der Waals surface area (Å²) < 4.78 is 6.08. The maximum absolute atomic E-state index is 6.08. The summed E-state index contributed by atoms with van der Waals surface area (Å²) in [6.45, 7) is 2.26. The first-order valence-corrected chi connectivity index (χ1v) is 7.50. The van der Waals surface area contributed by atoms with Crippen LogP contribution >= 0.6 is 0 Å². The molecule has 2 heteroatoms. The molecule has 0 aromatic heterocycles. The van der Waals surface area contributed by atoms with Gasteiger partial charge in [-0.15, -0.1) is 0 Å². The third-order valence-corrected chi connectivity index (χ3v) is 4.58. The largest absolute Gasteiger partial charge is 0.457 e. The van der Waals surface area contributed by atoms with E-state index < -0.39 is 0 Å². The molecule has 2 nitrogen and oxygen atoms in total. The minimum atomic E-state index is 0.484. The highest BCUT2D eigenvalue weighted by molar-refractivity contribution is 5.53. The molecule has 0 unspecified atom stereocenters. The highest BCUT2D eigenvalue weighted by Crippen LogP contribution is 2.48. The molecular weight excluding hydrogens is 246 g/mol. The van der Waals surface area contributed by atoms with Gasteiger partial charge in [-0.1, -0.05) is 36.4 Å². The van der Waals surface area contributed by atoms with E-state index in [1.807, 2.05) is 0 Å². The predicted octanol–water partition coefficient (Wildman–Crippen LogP) is 3.92. The highest BCUT2D eigenvalue weighted by Gasteiger charge is 2.33. The first kappa shape index (κ1) is 12.0. The first-order chi connectivity index (χ1) is 9.93. The van der Waals surface area contributed by atoms with Gasteiger partial charge in [0.05, 0.1) is 0 Å². The average molecular weight is 265 g/mol. The van der Waals surface area contributed by atoms with Gasteiger partial charge in [-0.3, -0.25) is 0 Å². The van der Waals surface area contributed by atoms with Crippen LogP contribution in [0.25, 0.3) is 0 Å². The molecule has 1 saturated heterocycles. The molecule has 2 aliphatic rings. The van der Waals surface area contributed by atoms with Crippen LogP contribution in [0.5, 0.6) is 11.5 Å². The van der Waals surface area contributed by atoms with Crippen LogP contribution in [0.4, 0.5) is 0 Å². The predicted molar refractivity (Wildman–Crippen MR) is 80.4 cm³/mol. The van der Waals surface area contributed by atoms with E-state index in [2.05, 4.69) is 53.8 Å². The third-order valence-electron chi connectivity index (χ3n) is 4.58. The number of hydrogen-bond donors (Lipinski definition) is 1. The van der Waals surface area contributed by atoms with Crippen LogP contribution in [-0.4, -0.2) is 13.1 Å². The minimum absolute atomic E-state index is 0.484. The third kappa shape index (κ3) is 1.92. The second-order valence-corrected chi connectivity index (χ2v) is 5.74. The molecule has 0 aliphatic carbocycles. The zero-order valence-corrected chi connectivity index (χ0v) is 11.5. The van der Waals surface area contributed by atoms with E-state index in [4.69, 9.17) is 4.74 Å². The number of para-hydroxylation sites is 2. The molecular formula is C18H19NO. The van der Waals surface area contributed by atoms with Gasteiger partial charge in [0, 0.05) is 17.0 Å². The monoisotopic (exact) mass is 265 g/mol. The molecule has 2 aromatic rings. The van der Waals surface area contributed by atoms with E-state index >= 15 is 0 Å². The average Bonchev–Trinajstić information content (AvgIpc) is 2.53. The number of rotatable bonds is 1. The number of ether oxygens (including phenoxy) is 1. The molecule has 2 aliphatic heterocycles. The van der Waals surface area contributed by atoms with Gasteiger partial charge in [0.1, 0.15) is 11.5 Å². The normalized spacial score (nSPS) is 19.0. The maximum atomic E-state index is 6.08. The topological polar surface area (TPSA) is 21.3 Å². The zero-order chi connectivity index (χ0) is 13.4. The molecule has 1 N–H and O–H groups in total. The quantitative estimate of drug-likeness (QED) is 0.843. The lowest BCUT2D eigenvalue weighted by Crippen LogP contribution is -2.32. The van der Waals surface area contributed by atoms with Gasteiger partial charge in [-0.05, 0) is 44.0 Å². The standard InChI is InChI=1S/C18H19NO/c1-3-7-16-14(5-1)18(13-9-11-19-12-10-13)15-6-2-4-8-17(15)20-16/h1-8,13,18-19H,9-12H2. The van der Waals surface area contributed by atoms with Crippen LogP contribution < -0.4 is 10.1 Å². The van der Waals surface area contributed by atoms with Crippen molar-refractivity contribution in [2.45, 2.75) is 18.8 Å². The Kier molecular flexibility index (Phi) is 2.96. The summed E-state index contributed by atoms with van der Waals surface area (Å²) in [7, 11) is 0. The number of nitrogens with one attached hydrogen (secondary N) is 1. The number of fused-ring (bicyclic) bond motifs is 2. The molecule has 0 amide bonds. The van der Waals surface area contributed by atoms with E-state index in [1.165, 1.54) is 24.0 Å². The van der Waals surface area contributed by atoms with Crippen molar-refractivity contribution in [2.75, 3.05) is 13.1 Å². The van der Waals surface area contributed by atoms with Crippen LogP contribution in [0.1, 0.15) is 29.9 Å². The smallest absolute Gasteiger partial charge is 0.131 e. The fourth-order valence-corrected chi connectivity index (χ4v) is 3.63. The fraction of sp³-hybridized carbons (Fsp3) is 0.333. The summed E-state index contributed by atoms with van der Waals surface area (Å²) in [5, 5.41) is 3.47. The van der Waals surface area contributed by atoms with Crippen molar-refractivity contribution in [3.8, 4) is 11.5 Å². The molecule has 4 rings (SSSR count). The van der Waals surface area contributed by atoms with Crippen LogP contribution in [0.15, 0.2) is 48.5 Å². The van der Waals surface area contributed by atoms with E-state index in [9.17, 15) is 0 Å². The molecule has 0 atom stereocenters. The summed E-state index contributed by atoms with van der Waals surface area (Å²) in [5.74, 6) is 3.27. The van der Waals surface area contributed by atoms with Gasteiger partial charge in [0.2, 0.25) is 0 Å². The Morgan fingerprint density at radius 2 is 1.35 bits per heavy atom. The van der Waals surface area contributed by atoms with Crippen molar-refractivity contribution >= 4 is 0 Å². The van der Waals surface area contributed by atoms with Crippen LogP contribution in [0, 0.1) is 5.92 Å². The molecule has 1 fully saturated rings. The van der Waals surface area contributed by atoms with Crippen molar-refractivity contribution < 1.29 is 4.74 Å². The van der Waals surface area contributed by atoms with Gasteiger partial charge in [0.15, 0.2) is 0 Å². The maximum Gasteiger partial charge on any atom is 0.131 e. The van der Waals surface area contributed by atoms with Crippen LogP contribution in [-0.2, 0) is 0 Å².